The van der Waals surface area contributed by atoms with Gasteiger partial charge in [-0.15, -0.1) is 0 Å². The number of benzene rings is 2. The summed E-state index contributed by atoms with van der Waals surface area (Å²) in [4.78, 5) is 6.91. The molecule has 4 heteroatoms. The fourth-order valence-corrected chi connectivity index (χ4v) is 2.56. The first-order valence-electron chi connectivity index (χ1n) is 8.48. The van der Waals surface area contributed by atoms with E-state index in [1.807, 2.05) is 18.2 Å². The van der Waals surface area contributed by atoms with Gasteiger partial charge in [0.15, 0.2) is 5.96 Å². The van der Waals surface area contributed by atoms with Gasteiger partial charge in [-0.1, -0.05) is 60.7 Å². The third kappa shape index (κ3) is 5.70. The van der Waals surface area contributed by atoms with Crippen LogP contribution in [0.1, 0.15) is 24.1 Å². The van der Waals surface area contributed by atoms with Gasteiger partial charge in [-0.05, 0) is 32.1 Å². The smallest absolute Gasteiger partial charge is 0.191 e. The van der Waals surface area contributed by atoms with Crippen molar-refractivity contribution in [3.8, 4) is 0 Å². The molecule has 1 atom stereocenters. The van der Waals surface area contributed by atoms with Crippen molar-refractivity contribution >= 4 is 5.96 Å². The maximum atomic E-state index is 4.68. The molecule has 0 aliphatic rings. The molecule has 0 amide bonds. The van der Waals surface area contributed by atoms with E-state index in [4.69, 9.17) is 0 Å². The van der Waals surface area contributed by atoms with E-state index < -0.39 is 0 Å². The summed E-state index contributed by atoms with van der Waals surface area (Å²) in [6, 6.07) is 21.2. The monoisotopic (exact) mass is 324 g/mol. The average molecular weight is 324 g/mol. The molecule has 1 unspecified atom stereocenters. The van der Waals surface area contributed by atoms with Crippen molar-refractivity contribution < 1.29 is 0 Å². The lowest BCUT2D eigenvalue weighted by Gasteiger charge is -2.26. The first-order chi connectivity index (χ1) is 11.7. The van der Waals surface area contributed by atoms with Gasteiger partial charge >= 0.3 is 0 Å². The molecule has 128 valence electrons. The molecular formula is C20H28N4. The van der Waals surface area contributed by atoms with Crippen LogP contribution in [0.3, 0.4) is 0 Å². The van der Waals surface area contributed by atoms with E-state index in [1.165, 1.54) is 11.1 Å². The Morgan fingerprint density at radius 2 is 1.58 bits per heavy atom. The zero-order chi connectivity index (χ0) is 17.2. The molecule has 0 saturated heterocycles. The highest BCUT2D eigenvalue weighted by atomic mass is 15.2. The molecule has 0 saturated carbocycles. The van der Waals surface area contributed by atoms with E-state index in [1.54, 1.807) is 0 Å². The van der Waals surface area contributed by atoms with Crippen LogP contribution in [-0.4, -0.2) is 38.0 Å². The van der Waals surface area contributed by atoms with Crippen molar-refractivity contribution in [2.45, 2.75) is 19.5 Å². The predicted molar refractivity (Wildman–Crippen MR) is 102 cm³/mol. The van der Waals surface area contributed by atoms with Crippen LogP contribution in [0.25, 0.3) is 0 Å². The van der Waals surface area contributed by atoms with Gasteiger partial charge in [-0.3, -0.25) is 0 Å². The molecular weight excluding hydrogens is 296 g/mol. The van der Waals surface area contributed by atoms with E-state index in [0.29, 0.717) is 12.6 Å². The highest BCUT2D eigenvalue weighted by Gasteiger charge is 2.14. The van der Waals surface area contributed by atoms with E-state index in [0.717, 1.165) is 19.0 Å². The predicted octanol–water partition coefficient (Wildman–Crippen LogP) is 3.04. The number of aliphatic imine (C=N–C) groups is 1. The Labute approximate surface area is 145 Å². The van der Waals surface area contributed by atoms with Gasteiger partial charge in [0, 0.05) is 13.1 Å². The minimum absolute atomic E-state index is 0.298. The molecule has 0 heterocycles. The van der Waals surface area contributed by atoms with Crippen LogP contribution in [0.2, 0.25) is 0 Å². The van der Waals surface area contributed by atoms with Crippen LogP contribution >= 0.6 is 0 Å². The first-order valence-corrected chi connectivity index (χ1v) is 8.48. The van der Waals surface area contributed by atoms with E-state index in [2.05, 4.69) is 84.0 Å². The largest absolute Gasteiger partial charge is 0.357 e. The Balaban J connectivity index is 2.01. The van der Waals surface area contributed by atoms with Gasteiger partial charge in [-0.2, -0.15) is 0 Å². The Kier molecular flexibility index (Phi) is 7.30. The zero-order valence-corrected chi connectivity index (χ0v) is 14.9. The molecule has 0 fully saturated rings. The van der Waals surface area contributed by atoms with Gasteiger partial charge in [-0.25, -0.2) is 4.99 Å². The van der Waals surface area contributed by atoms with Crippen molar-refractivity contribution in [2.24, 2.45) is 4.99 Å². The lowest BCUT2D eigenvalue weighted by molar-refractivity contribution is 0.298. The van der Waals surface area contributed by atoms with Crippen LogP contribution in [0, 0.1) is 0 Å². The molecule has 4 nitrogen and oxygen atoms in total. The minimum Gasteiger partial charge on any atom is -0.357 e. The van der Waals surface area contributed by atoms with E-state index >= 15 is 0 Å². The molecule has 0 bridgehead atoms. The average Bonchev–Trinajstić information content (AvgIpc) is 2.61. The van der Waals surface area contributed by atoms with Gasteiger partial charge in [0.1, 0.15) is 0 Å². The fraction of sp³-hybridized carbons (Fsp3) is 0.350. The highest BCUT2D eigenvalue weighted by Crippen LogP contribution is 2.16. The summed E-state index contributed by atoms with van der Waals surface area (Å²) in [5.74, 6) is 0.851. The Hall–Kier alpha value is -2.33. The molecule has 0 aliphatic heterocycles. The van der Waals surface area contributed by atoms with Crippen LogP contribution in [0.4, 0.5) is 0 Å². The number of rotatable bonds is 7. The summed E-state index contributed by atoms with van der Waals surface area (Å²) in [6.07, 6.45) is 0. The Bertz CT molecular complexity index is 608. The van der Waals surface area contributed by atoms with Crippen LogP contribution in [-0.2, 0) is 6.54 Å². The summed E-state index contributed by atoms with van der Waals surface area (Å²) in [7, 11) is 4.21. The maximum Gasteiger partial charge on any atom is 0.191 e. The summed E-state index contributed by atoms with van der Waals surface area (Å²) in [5.41, 5.74) is 2.51. The second-order valence-corrected chi connectivity index (χ2v) is 5.95. The maximum absolute atomic E-state index is 4.68. The van der Waals surface area contributed by atoms with Crippen molar-refractivity contribution in [3.05, 3.63) is 71.8 Å². The lowest BCUT2D eigenvalue weighted by atomic mass is 10.1. The Morgan fingerprint density at radius 3 is 2.17 bits per heavy atom. The van der Waals surface area contributed by atoms with Crippen molar-refractivity contribution in [3.63, 3.8) is 0 Å². The molecule has 0 radical (unpaired) electrons. The van der Waals surface area contributed by atoms with Gasteiger partial charge in [0.05, 0.1) is 12.6 Å². The van der Waals surface area contributed by atoms with Crippen molar-refractivity contribution in [2.75, 3.05) is 27.2 Å². The Morgan fingerprint density at radius 1 is 0.958 bits per heavy atom. The number of likely N-dealkylation sites (N-methyl/N-ethyl adjacent to an activating group) is 1. The van der Waals surface area contributed by atoms with Gasteiger partial charge in [0.25, 0.3) is 0 Å². The fourth-order valence-electron chi connectivity index (χ4n) is 2.56. The minimum atomic E-state index is 0.298. The van der Waals surface area contributed by atoms with Crippen LogP contribution in [0.15, 0.2) is 65.7 Å². The third-order valence-corrected chi connectivity index (χ3v) is 3.88. The SMILES string of the molecule is CCNC(=NCc1ccccc1)NCC(c1ccccc1)N(C)C. The quantitative estimate of drug-likeness (QED) is 0.607. The zero-order valence-electron chi connectivity index (χ0n) is 14.9. The van der Waals surface area contributed by atoms with Crippen molar-refractivity contribution in [1.29, 1.82) is 0 Å². The van der Waals surface area contributed by atoms with Crippen LogP contribution in [0.5, 0.6) is 0 Å². The molecule has 0 spiro atoms. The number of nitrogens with one attached hydrogen (secondary N) is 2. The molecule has 2 aromatic rings. The number of guanidine groups is 1. The second-order valence-electron chi connectivity index (χ2n) is 5.95. The number of hydrogen-bond donors (Lipinski definition) is 2. The second kappa shape index (κ2) is 9.73. The molecule has 0 aromatic heterocycles. The first kappa shape index (κ1) is 18.0. The summed E-state index contributed by atoms with van der Waals surface area (Å²) >= 11 is 0. The standard InChI is InChI=1S/C20H28N4/c1-4-21-20(22-15-17-11-7-5-8-12-17)23-16-19(24(2)3)18-13-9-6-10-14-18/h5-14,19H,4,15-16H2,1-3H3,(H2,21,22,23). The van der Waals surface area contributed by atoms with Crippen molar-refractivity contribution in [1.82, 2.24) is 15.5 Å². The normalized spacial score (nSPS) is 12.9. The van der Waals surface area contributed by atoms with Gasteiger partial charge in [0.2, 0.25) is 0 Å². The summed E-state index contributed by atoms with van der Waals surface area (Å²) in [5, 5.41) is 6.79. The highest BCUT2D eigenvalue weighted by molar-refractivity contribution is 5.79. The van der Waals surface area contributed by atoms with E-state index in [-0.39, 0.29) is 0 Å². The molecule has 2 rings (SSSR count). The molecule has 2 N–H and O–H groups in total. The third-order valence-electron chi connectivity index (χ3n) is 3.88. The van der Waals surface area contributed by atoms with Crippen LogP contribution < -0.4 is 10.6 Å². The van der Waals surface area contributed by atoms with E-state index in [9.17, 15) is 0 Å². The summed E-state index contributed by atoms with van der Waals surface area (Å²) < 4.78 is 0. The molecule has 0 aliphatic carbocycles. The molecule has 24 heavy (non-hydrogen) atoms. The number of hydrogen-bond acceptors (Lipinski definition) is 2. The van der Waals surface area contributed by atoms with Gasteiger partial charge < -0.3 is 15.5 Å². The lowest BCUT2D eigenvalue weighted by Crippen LogP contribution is -2.41. The molecule has 2 aromatic carbocycles. The summed E-state index contributed by atoms with van der Waals surface area (Å²) in [6.45, 7) is 4.41. The number of nitrogens with zero attached hydrogens (tertiary/aromatic N) is 2. The topological polar surface area (TPSA) is 39.7 Å².